The summed E-state index contributed by atoms with van der Waals surface area (Å²) in [5.74, 6) is -0.371. The second-order valence-corrected chi connectivity index (χ2v) is 9.08. The van der Waals surface area contributed by atoms with Crippen LogP contribution >= 0.6 is 11.3 Å². The van der Waals surface area contributed by atoms with Crippen molar-refractivity contribution in [2.75, 3.05) is 31.1 Å². The van der Waals surface area contributed by atoms with Gasteiger partial charge in [0.25, 0.3) is 5.56 Å². The fourth-order valence-electron chi connectivity index (χ4n) is 4.14. The topological polar surface area (TPSA) is 58.4 Å². The Bertz CT molecular complexity index is 1350. The normalized spacial score (nSPS) is 14.1. The average Bonchev–Trinajstić information content (AvgIpc) is 3.27. The lowest BCUT2D eigenvalue weighted by atomic mass is 10.1. The van der Waals surface area contributed by atoms with Gasteiger partial charge in [-0.15, -0.1) is 11.3 Å². The number of aromatic nitrogens is 2. The maximum absolute atomic E-state index is 13.3. The number of carbonyl (C=O) groups is 1. The van der Waals surface area contributed by atoms with E-state index < -0.39 is 0 Å². The fraction of sp³-hybridized carbons (Fsp3) is 0.240. The van der Waals surface area contributed by atoms with Crippen LogP contribution in [0.3, 0.4) is 0 Å². The zero-order valence-electron chi connectivity index (χ0n) is 18.2. The van der Waals surface area contributed by atoms with Gasteiger partial charge in [-0.05, 0) is 36.8 Å². The Hall–Kier alpha value is -3.52. The van der Waals surface area contributed by atoms with Crippen molar-refractivity contribution in [3.05, 3.63) is 82.0 Å². The number of amides is 1. The zero-order chi connectivity index (χ0) is 22.9. The zero-order valence-corrected chi connectivity index (χ0v) is 19.0. The number of hydrogen-bond acceptors (Lipinski definition) is 5. The Morgan fingerprint density at radius 1 is 1.03 bits per heavy atom. The van der Waals surface area contributed by atoms with Crippen molar-refractivity contribution in [1.82, 2.24) is 14.5 Å². The molecule has 2 aromatic heterocycles. The predicted octanol–water partition coefficient (Wildman–Crippen LogP) is 3.92. The summed E-state index contributed by atoms with van der Waals surface area (Å²) in [4.78, 5) is 35.2. The molecule has 1 aliphatic heterocycles. The first kappa shape index (κ1) is 21.3. The maximum Gasteiger partial charge on any atom is 0.263 e. The van der Waals surface area contributed by atoms with Crippen molar-refractivity contribution in [1.29, 1.82) is 0 Å². The number of anilines is 1. The minimum atomic E-state index is -0.264. The Labute approximate surface area is 194 Å². The van der Waals surface area contributed by atoms with E-state index in [2.05, 4.69) is 9.88 Å². The molecule has 5 rings (SSSR count). The monoisotopic (exact) mass is 462 g/mol. The van der Waals surface area contributed by atoms with Gasteiger partial charge in [-0.1, -0.05) is 29.8 Å². The summed E-state index contributed by atoms with van der Waals surface area (Å²) in [5, 5.41) is 2.50. The lowest BCUT2D eigenvalue weighted by Crippen LogP contribution is -2.50. The fourth-order valence-corrected chi connectivity index (χ4v) is 5.04. The van der Waals surface area contributed by atoms with Gasteiger partial charge in [0.1, 0.15) is 17.2 Å². The molecule has 33 heavy (non-hydrogen) atoms. The van der Waals surface area contributed by atoms with Gasteiger partial charge >= 0.3 is 0 Å². The van der Waals surface area contributed by atoms with E-state index >= 15 is 0 Å². The van der Waals surface area contributed by atoms with Crippen LogP contribution in [-0.2, 0) is 11.3 Å². The molecule has 0 radical (unpaired) electrons. The van der Waals surface area contributed by atoms with Crippen molar-refractivity contribution in [2.24, 2.45) is 0 Å². The van der Waals surface area contributed by atoms with Gasteiger partial charge in [-0.25, -0.2) is 9.37 Å². The number of rotatable bonds is 4. The quantitative estimate of drug-likeness (QED) is 0.461. The van der Waals surface area contributed by atoms with Crippen molar-refractivity contribution in [3.8, 4) is 11.1 Å². The molecule has 8 heteroatoms. The number of aryl methyl sites for hydroxylation is 1. The van der Waals surface area contributed by atoms with E-state index in [-0.39, 0.29) is 23.8 Å². The molecule has 168 valence electrons. The molecule has 4 aromatic rings. The smallest absolute Gasteiger partial charge is 0.263 e. The molecule has 0 bridgehead atoms. The van der Waals surface area contributed by atoms with Crippen LogP contribution in [0.5, 0.6) is 0 Å². The summed E-state index contributed by atoms with van der Waals surface area (Å²) in [5.41, 5.74) is 3.71. The number of thiophene rings is 1. The number of halogens is 1. The van der Waals surface area contributed by atoms with Crippen LogP contribution in [0.1, 0.15) is 5.56 Å². The second kappa shape index (κ2) is 8.78. The summed E-state index contributed by atoms with van der Waals surface area (Å²) in [7, 11) is 0. The van der Waals surface area contributed by atoms with Crippen LogP contribution in [-0.4, -0.2) is 46.5 Å². The first-order chi connectivity index (χ1) is 16.0. The molecule has 0 spiro atoms. The van der Waals surface area contributed by atoms with E-state index in [0.717, 1.165) is 22.4 Å². The molecule has 0 aliphatic carbocycles. The minimum Gasteiger partial charge on any atom is -0.368 e. The van der Waals surface area contributed by atoms with E-state index in [0.29, 0.717) is 36.4 Å². The number of hydrogen-bond donors (Lipinski definition) is 0. The number of fused-ring (bicyclic) bond motifs is 1. The van der Waals surface area contributed by atoms with Gasteiger partial charge in [-0.3, -0.25) is 14.2 Å². The van der Waals surface area contributed by atoms with E-state index in [1.807, 2.05) is 36.6 Å². The van der Waals surface area contributed by atoms with E-state index in [9.17, 15) is 14.0 Å². The molecule has 2 aromatic carbocycles. The lowest BCUT2D eigenvalue weighted by Gasteiger charge is -2.36. The Morgan fingerprint density at radius 2 is 1.73 bits per heavy atom. The van der Waals surface area contributed by atoms with Crippen molar-refractivity contribution >= 4 is 33.1 Å². The highest BCUT2D eigenvalue weighted by Crippen LogP contribution is 2.30. The summed E-state index contributed by atoms with van der Waals surface area (Å²) in [6.07, 6.45) is 1.47. The van der Waals surface area contributed by atoms with Crippen molar-refractivity contribution in [2.45, 2.75) is 13.5 Å². The van der Waals surface area contributed by atoms with Gasteiger partial charge in [0.15, 0.2) is 0 Å². The number of piperazine rings is 1. The average molecular weight is 463 g/mol. The maximum atomic E-state index is 13.3. The summed E-state index contributed by atoms with van der Waals surface area (Å²) < 4.78 is 14.6. The Morgan fingerprint density at radius 3 is 2.42 bits per heavy atom. The first-order valence-electron chi connectivity index (χ1n) is 10.8. The van der Waals surface area contributed by atoms with Crippen LogP contribution in [0, 0.1) is 12.7 Å². The standard InChI is InChI=1S/C25H23FN4O2S/c1-17-2-4-18(5-3-17)21-15-33-24-23(21)25(32)30(16-27-24)14-22(31)29-12-10-28(11-13-29)20-8-6-19(26)7-9-20/h2-9,15-16H,10-14H2,1H3. The third-order valence-corrected chi connectivity index (χ3v) is 6.94. The first-order valence-corrected chi connectivity index (χ1v) is 11.7. The summed E-state index contributed by atoms with van der Waals surface area (Å²) >= 11 is 1.43. The van der Waals surface area contributed by atoms with E-state index in [1.54, 1.807) is 17.0 Å². The van der Waals surface area contributed by atoms with Crippen LogP contribution in [0.15, 0.2) is 65.0 Å². The Kier molecular flexibility index (Phi) is 5.68. The molecule has 0 unspecified atom stereocenters. The molecule has 3 heterocycles. The molecule has 0 atom stereocenters. The van der Waals surface area contributed by atoms with Gasteiger partial charge in [-0.2, -0.15) is 0 Å². The van der Waals surface area contributed by atoms with Gasteiger partial charge < -0.3 is 9.80 Å². The molecule has 6 nitrogen and oxygen atoms in total. The molecule has 1 amide bonds. The van der Waals surface area contributed by atoms with Crippen LogP contribution in [0.2, 0.25) is 0 Å². The molecular formula is C25H23FN4O2S. The Balaban J connectivity index is 1.32. The minimum absolute atomic E-state index is 0.0402. The molecule has 0 saturated carbocycles. The third-order valence-electron chi connectivity index (χ3n) is 6.05. The van der Waals surface area contributed by atoms with Crippen molar-refractivity contribution in [3.63, 3.8) is 0 Å². The summed E-state index contributed by atoms with van der Waals surface area (Å²) in [6.45, 7) is 4.40. The highest BCUT2D eigenvalue weighted by molar-refractivity contribution is 7.17. The molecule has 1 aliphatic rings. The van der Waals surface area contributed by atoms with E-state index in [1.165, 1.54) is 34.4 Å². The number of nitrogens with zero attached hydrogens (tertiary/aromatic N) is 4. The number of benzene rings is 2. The van der Waals surface area contributed by atoms with Crippen LogP contribution in [0.4, 0.5) is 10.1 Å². The molecule has 1 saturated heterocycles. The van der Waals surface area contributed by atoms with Crippen LogP contribution in [0.25, 0.3) is 21.3 Å². The van der Waals surface area contributed by atoms with Gasteiger partial charge in [0.2, 0.25) is 5.91 Å². The third kappa shape index (κ3) is 4.26. The highest BCUT2D eigenvalue weighted by atomic mass is 32.1. The van der Waals surface area contributed by atoms with Crippen molar-refractivity contribution < 1.29 is 9.18 Å². The molecule has 1 fully saturated rings. The summed E-state index contributed by atoms with van der Waals surface area (Å²) in [6, 6.07) is 14.4. The second-order valence-electron chi connectivity index (χ2n) is 8.22. The largest absolute Gasteiger partial charge is 0.368 e. The molecular weight excluding hydrogens is 439 g/mol. The number of carbonyl (C=O) groups excluding carboxylic acids is 1. The predicted molar refractivity (Wildman–Crippen MR) is 129 cm³/mol. The SMILES string of the molecule is Cc1ccc(-c2csc3ncn(CC(=O)N4CCN(c5ccc(F)cc5)CC4)c(=O)c23)cc1. The molecule has 0 N–H and O–H groups in total. The van der Waals surface area contributed by atoms with Gasteiger partial charge in [0, 0.05) is 42.8 Å². The van der Waals surface area contributed by atoms with Gasteiger partial charge in [0.05, 0.1) is 11.7 Å². The lowest BCUT2D eigenvalue weighted by molar-refractivity contribution is -0.132. The highest BCUT2D eigenvalue weighted by Gasteiger charge is 2.22. The van der Waals surface area contributed by atoms with Crippen LogP contribution < -0.4 is 10.5 Å². The van der Waals surface area contributed by atoms with E-state index in [4.69, 9.17) is 0 Å².